The van der Waals surface area contributed by atoms with Gasteiger partial charge in [0, 0.05) is 45.4 Å². The lowest BCUT2D eigenvalue weighted by Crippen LogP contribution is -2.15. The average molecular weight is 645 g/mol. The topological polar surface area (TPSA) is 92.0 Å². The number of aromatic hydroxyl groups is 2. The summed E-state index contributed by atoms with van der Waals surface area (Å²) in [4.78, 5) is 19.5. The average Bonchev–Trinajstić information content (AvgIpc) is 3.11. The number of benzene rings is 3. The van der Waals surface area contributed by atoms with Gasteiger partial charge in [-0.2, -0.15) is 0 Å². The number of nitrogens with zero attached hydrogens (tertiary/aromatic N) is 4. The minimum atomic E-state index is -0.178. The van der Waals surface area contributed by atoms with Crippen molar-refractivity contribution in [2.45, 2.75) is 58.8 Å². The zero-order valence-electron chi connectivity index (χ0n) is 28.8. The number of fused-ring (bicyclic) bond motifs is 3. The van der Waals surface area contributed by atoms with Gasteiger partial charge in [0.25, 0.3) is 0 Å². The number of phenolic OH excluding ortho intramolecular Hbond substituents is 2. The monoisotopic (exact) mass is 644 g/mol. The van der Waals surface area contributed by atoms with Crippen molar-refractivity contribution in [2.24, 2.45) is 0 Å². The van der Waals surface area contributed by atoms with Crippen LogP contribution in [0.3, 0.4) is 0 Å². The molecule has 0 spiro atoms. The molecule has 0 aliphatic rings. The molecule has 7 aromatic rings. The van der Waals surface area contributed by atoms with Gasteiger partial charge >= 0.3 is 0 Å². The van der Waals surface area contributed by atoms with E-state index in [1.54, 1.807) is 12.4 Å². The normalized spacial score (nSPS) is 12.1. The third-order valence-electron chi connectivity index (χ3n) is 9.70. The fraction of sp³-hybridized carbons (Fsp3) is 0.209. The first-order valence-corrected chi connectivity index (χ1v) is 16.7. The van der Waals surface area contributed by atoms with Crippen molar-refractivity contribution in [3.8, 4) is 56.5 Å². The first-order chi connectivity index (χ1) is 23.4. The van der Waals surface area contributed by atoms with Gasteiger partial charge in [0.15, 0.2) is 0 Å². The number of hydrogen-bond donors (Lipinski definition) is 2. The Balaban J connectivity index is 1.45. The maximum Gasteiger partial charge on any atom is 0.134 e. The summed E-state index contributed by atoms with van der Waals surface area (Å²) < 4.78 is 0. The van der Waals surface area contributed by atoms with Crippen molar-refractivity contribution < 1.29 is 10.2 Å². The van der Waals surface area contributed by atoms with E-state index in [-0.39, 0.29) is 22.3 Å². The molecule has 2 N–H and O–H groups in total. The van der Waals surface area contributed by atoms with Crippen LogP contribution < -0.4 is 0 Å². The van der Waals surface area contributed by atoms with Crippen LogP contribution in [-0.2, 0) is 10.8 Å². The first-order valence-electron chi connectivity index (χ1n) is 16.7. The van der Waals surface area contributed by atoms with Crippen LogP contribution in [0.2, 0.25) is 0 Å². The Morgan fingerprint density at radius 2 is 0.918 bits per heavy atom. The Morgan fingerprint density at radius 3 is 1.31 bits per heavy atom. The van der Waals surface area contributed by atoms with E-state index >= 15 is 0 Å². The summed E-state index contributed by atoms with van der Waals surface area (Å²) in [5, 5.41) is 25.3. The lowest BCUT2D eigenvalue weighted by molar-refractivity contribution is 0.475. The number of pyridine rings is 4. The van der Waals surface area contributed by atoms with E-state index in [2.05, 4.69) is 57.6 Å². The molecule has 0 bridgehead atoms. The standard InChI is InChI=1S/C43H40N4O2/c1-7-43(5,6)29-24-31(35-13-9-11-21-45-35)41(49)33(25-29)37-19-17-27-15-14-26-16-18-36(46-38(26)39(27)47-37)32-23-28(42(2,3)4)22-30(40(32)48)34-12-8-10-20-44-34/h8-25,48-49H,7H2,1-6H3. The molecule has 244 valence electrons. The minimum absolute atomic E-state index is 0.134. The predicted octanol–water partition coefficient (Wildman–Crippen LogP) is 10.6. The molecule has 4 aromatic heterocycles. The van der Waals surface area contributed by atoms with Gasteiger partial charge in [-0.15, -0.1) is 0 Å². The van der Waals surface area contributed by atoms with Crippen LogP contribution in [0.25, 0.3) is 66.8 Å². The van der Waals surface area contributed by atoms with E-state index in [4.69, 9.17) is 9.97 Å². The van der Waals surface area contributed by atoms with Crippen LogP contribution >= 0.6 is 0 Å². The molecular formula is C43H40N4O2. The van der Waals surface area contributed by atoms with E-state index < -0.39 is 0 Å². The summed E-state index contributed by atoms with van der Waals surface area (Å²) in [5.41, 5.74) is 8.58. The highest BCUT2D eigenvalue weighted by atomic mass is 16.3. The highest BCUT2D eigenvalue weighted by Crippen LogP contribution is 2.44. The zero-order chi connectivity index (χ0) is 34.5. The maximum absolute atomic E-state index is 11.8. The fourth-order valence-electron chi connectivity index (χ4n) is 6.19. The Hall–Kier alpha value is -5.62. The molecule has 0 saturated heterocycles. The fourth-order valence-corrected chi connectivity index (χ4v) is 6.19. The van der Waals surface area contributed by atoms with E-state index in [1.165, 1.54) is 0 Å². The minimum Gasteiger partial charge on any atom is -0.507 e. The second-order valence-corrected chi connectivity index (χ2v) is 14.4. The summed E-state index contributed by atoms with van der Waals surface area (Å²) >= 11 is 0. The van der Waals surface area contributed by atoms with Crippen LogP contribution in [0, 0.1) is 0 Å². The molecule has 7 rings (SSSR count). The third kappa shape index (κ3) is 5.88. The van der Waals surface area contributed by atoms with Gasteiger partial charge in [0.1, 0.15) is 11.5 Å². The highest BCUT2D eigenvalue weighted by molar-refractivity contribution is 6.04. The van der Waals surface area contributed by atoms with E-state index in [0.29, 0.717) is 56.1 Å². The quantitative estimate of drug-likeness (QED) is 0.175. The number of aromatic nitrogens is 4. The van der Waals surface area contributed by atoms with Gasteiger partial charge in [0.2, 0.25) is 0 Å². The molecular weight excluding hydrogens is 604 g/mol. The van der Waals surface area contributed by atoms with Gasteiger partial charge in [-0.05, 0) is 89.0 Å². The van der Waals surface area contributed by atoms with Crippen LogP contribution in [0.4, 0.5) is 0 Å². The molecule has 0 amide bonds. The lowest BCUT2D eigenvalue weighted by Gasteiger charge is -2.25. The summed E-state index contributed by atoms with van der Waals surface area (Å²) in [6, 6.07) is 31.6. The van der Waals surface area contributed by atoms with Crippen molar-refractivity contribution in [1.82, 2.24) is 19.9 Å². The maximum atomic E-state index is 11.8. The van der Waals surface area contributed by atoms with Crippen LogP contribution in [-0.4, -0.2) is 30.1 Å². The predicted molar refractivity (Wildman–Crippen MR) is 200 cm³/mol. The molecule has 0 atom stereocenters. The summed E-state index contributed by atoms with van der Waals surface area (Å²) in [7, 11) is 0. The Bertz CT molecular complexity index is 2340. The summed E-state index contributed by atoms with van der Waals surface area (Å²) in [5.74, 6) is 0.274. The van der Waals surface area contributed by atoms with Crippen LogP contribution in [0.15, 0.2) is 109 Å². The molecule has 4 heterocycles. The molecule has 0 aliphatic carbocycles. The van der Waals surface area contributed by atoms with E-state index in [0.717, 1.165) is 28.3 Å². The second kappa shape index (κ2) is 12.1. The van der Waals surface area contributed by atoms with Crippen molar-refractivity contribution in [3.05, 3.63) is 121 Å². The third-order valence-corrected chi connectivity index (χ3v) is 9.70. The number of phenols is 2. The first kappa shape index (κ1) is 32.0. The van der Waals surface area contributed by atoms with Gasteiger partial charge in [-0.1, -0.05) is 77.9 Å². The zero-order valence-corrected chi connectivity index (χ0v) is 28.8. The smallest absolute Gasteiger partial charge is 0.134 e. The van der Waals surface area contributed by atoms with Crippen LogP contribution in [0.1, 0.15) is 59.1 Å². The molecule has 49 heavy (non-hydrogen) atoms. The largest absolute Gasteiger partial charge is 0.507 e. The van der Waals surface area contributed by atoms with Gasteiger partial charge in [0.05, 0.1) is 33.8 Å². The lowest BCUT2D eigenvalue weighted by atomic mass is 9.80. The van der Waals surface area contributed by atoms with Crippen molar-refractivity contribution in [2.75, 3.05) is 0 Å². The number of rotatable bonds is 6. The Kier molecular flexibility index (Phi) is 7.90. The number of hydrogen-bond acceptors (Lipinski definition) is 6. The Labute approximate surface area is 287 Å². The van der Waals surface area contributed by atoms with Gasteiger partial charge < -0.3 is 10.2 Å². The molecule has 0 unspecified atom stereocenters. The molecule has 0 saturated carbocycles. The van der Waals surface area contributed by atoms with Crippen molar-refractivity contribution >= 4 is 21.8 Å². The second-order valence-electron chi connectivity index (χ2n) is 14.4. The van der Waals surface area contributed by atoms with E-state index in [9.17, 15) is 10.2 Å². The summed E-state index contributed by atoms with van der Waals surface area (Å²) in [6.07, 6.45) is 4.40. The molecule has 0 aliphatic heterocycles. The van der Waals surface area contributed by atoms with Gasteiger partial charge in [-0.25, -0.2) is 9.97 Å². The van der Waals surface area contributed by atoms with Crippen LogP contribution in [0.5, 0.6) is 11.5 Å². The Morgan fingerprint density at radius 1 is 0.510 bits per heavy atom. The van der Waals surface area contributed by atoms with Crippen molar-refractivity contribution in [1.29, 1.82) is 0 Å². The molecule has 0 fully saturated rings. The van der Waals surface area contributed by atoms with E-state index in [1.807, 2.05) is 91.0 Å². The molecule has 3 aromatic carbocycles. The summed E-state index contributed by atoms with van der Waals surface area (Å²) in [6.45, 7) is 13.1. The van der Waals surface area contributed by atoms with Crippen molar-refractivity contribution in [3.63, 3.8) is 0 Å². The van der Waals surface area contributed by atoms with Gasteiger partial charge in [-0.3, -0.25) is 9.97 Å². The highest BCUT2D eigenvalue weighted by Gasteiger charge is 2.25. The SMILES string of the molecule is CCC(C)(C)c1cc(-c2ccccn2)c(O)c(-c2ccc3ccc4ccc(-c5cc(C(C)(C)C)cc(-c6ccccn6)c5O)nc4c3n2)c1. The molecule has 6 nitrogen and oxygen atoms in total. The molecule has 6 heteroatoms. The molecule has 0 radical (unpaired) electrons.